The average Bonchev–Trinajstić information content (AvgIpc) is 2.56. The molecule has 1 aromatic carbocycles. The van der Waals surface area contributed by atoms with Crippen molar-refractivity contribution >= 4 is 33.0 Å². The zero-order chi connectivity index (χ0) is 10.1. The first-order valence-electron chi connectivity index (χ1n) is 3.94. The lowest BCUT2D eigenvalue weighted by atomic mass is 10.2. The van der Waals surface area contributed by atoms with Gasteiger partial charge in [-0.15, -0.1) is 0 Å². The summed E-state index contributed by atoms with van der Waals surface area (Å²) in [4.78, 5) is 14.8. The normalized spacial score (nSPS) is 10.4. The summed E-state index contributed by atoms with van der Waals surface area (Å²) in [6.07, 6.45) is 0.754. The Morgan fingerprint density at radius 2 is 2.36 bits per heavy atom. The third-order valence-electron chi connectivity index (χ3n) is 1.88. The van der Waals surface area contributed by atoms with Crippen molar-refractivity contribution in [3.63, 3.8) is 0 Å². The van der Waals surface area contributed by atoms with Crippen LogP contribution in [-0.4, -0.2) is 18.4 Å². The van der Waals surface area contributed by atoms with E-state index in [-0.39, 0.29) is 0 Å². The number of thiazole rings is 1. The molecule has 0 unspecified atom stereocenters. The third kappa shape index (κ3) is 1.31. The summed E-state index contributed by atoms with van der Waals surface area (Å²) in [5.41, 5.74) is 6.71. The van der Waals surface area contributed by atoms with Crippen LogP contribution in [0.25, 0.3) is 10.2 Å². The van der Waals surface area contributed by atoms with Gasteiger partial charge in [0, 0.05) is 5.56 Å². The Balaban J connectivity index is 2.78. The first-order valence-corrected chi connectivity index (χ1v) is 4.75. The zero-order valence-corrected chi connectivity index (χ0v) is 8.30. The van der Waals surface area contributed by atoms with Gasteiger partial charge in [0.15, 0.2) is 11.4 Å². The van der Waals surface area contributed by atoms with E-state index in [2.05, 4.69) is 4.98 Å². The predicted octanol–water partition coefficient (Wildman–Crippen LogP) is 1.70. The van der Waals surface area contributed by atoms with Crippen LogP contribution in [0.2, 0.25) is 0 Å². The van der Waals surface area contributed by atoms with E-state index < -0.39 is 0 Å². The van der Waals surface area contributed by atoms with E-state index in [1.165, 1.54) is 11.3 Å². The number of nitrogen functional groups attached to an aromatic ring is 1. The molecule has 0 fully saturated rings. The van der Waals surface area contributed by atoms with Gasteiger partial charge in [0.1, 0.15) is 5.75 Å². The van der Waals surface area contributed by atoms with Crippen LogP contribution in [0.1, 0.15) is 10.4 Å². The van der Waals surface area contributed by atoms with Crippen molar-refractivity contribution in [1.29, 1.82) is 0 Å². The fraction of sp³-hybridized carbons (Fsp3) is 0.111. The van der Waals surface area contributed by atoms with Gasteiger partial charge in [-0.2, -0.15) is 0 Å². The smallest absolute Gasteiger partial charge is 0.181 e. The van der Waals surface area contributed by atoms with Crippen LogP contribution in [0.15, 0.2) is 12.1 Å². The van der Waals surface area contributed by atoms with Crippen LogP contribution >= 0.6 is 11.3 Å². The first kappa shape index (κ1) is 8.96. The number of fused-ring (bicyclic) bond motifs is 1. The molecule has 14 heavy (non-hydrogen) atoms. The van der Waals surface area contributed by atoms with E-state index >= 15 is 0 Å². The van der Waals surface area contributed by atoms with Gasteiger partial charge in [-0.05, 0) is 12.1 Å². The second-order valence-electron chi connectivity index (χ2n) is 2.73. The molecule has 0 saturated carbocycles. The molecule has 0 aliphatic rings. The molecule has 2 rings (SSSR count). The van der Waals surface area contributed by atoms with E-state index in [4.69, 9.17) is 10.5 Å². The van der Waals surface area contributed by atoms with Crippen LogP contribution in [0, 0.1) is 0 Å². The highest BCUT2D eigenvalue weighted by Gasteiger charge is 2.08. The minimum Gasteiger partial charge on any atom is -0.497 e. The topological polar surface area (TPSA) is 65.2 Å². The molecule has 0 radical (unpaired) electrons. The maximum Gasteiger partial charge on any atom is 0.181 e. The summed E-state index contributed by atoms with van der Waals surface area (Å²) in [5.74, 6) is 0.642. The molecule has 2 N–H and O–H groups in total. The number of hydrogen-bond donors (Lipinski definition) is 1. The van der Waals surface area contributed by atoms with Crippen molar-refractivity contribution in [2.75, 3.05) is 12.8 Å². The van der Waals surface area contributed by atoms with Gasteiger partial charge in [0.2, 0.25) is 0 Å². The van der Waals surface area contributed by atoms with Crippen molar-refractivity contribution < 1.29 is 9.53 Å². The molecule has 5 heteroatoms. The number of hydrogen-bond acceptors (Lipinski definition) is 5. The predicted molar refractivity (Wildman–Crippen MR) is 56.0 cm³/mol. The number of benzene rings is 1. The van der Waals surface area contributed by atoms with Crippen molar-refractivity contribution in [2.45, 2.75) is 0 Å². The third-order valence-corrected chi connectivity index (χ3v) is 2.71. The van der Waals surface area contributed by atoms with Gasteiger partial charge in [-0.25, -0.2) is 4.98 Å². The van der Waals surface area contributed by atoms with E-state index in [9.17, 15) is 4.79 Å². The molecule has 0 bridgehead atoms. The molecule has 0 amide bonds. The molecule has 0 spiro atoms. The number of nitrogens with zero attached hydrogens (tertiary/aromatic N) is 1. The monoisotopic (exact) mass is 208 g/mol. The van der Waals surface area contributed by atoms with Crippen molar-refractivity contribution in [3.8, 4) is 5.75 Å². The highest BCUT2D eigenvalue weighted by Crippen LogP contribution is 2.29. The van der Waals surface area contributed by atoms with E-state index in [1.807, 2.05) is 6.07 Å². The quantitative estimate of drug-likeness (QED) is 0.763. The van der Waals surface area contributed by atoms with E-state index in [0.29, 0.717) is 22.0 Å². The molecular weight excluding hydrogens is 200 g/mol. The van der Waals surface area contributed by atoms with Crippen molar-refractivity contribution in [1.82, 2.24) is 4.98 Å². The maximum atomic E-state index is 10.8. The number of rotatable bonds is 2. The number of carbonyl (C=O) groups is 1. The highest BCUT2D eigenvalue weighted by atomic mass is 32.1. The van der Waals surface area contributed by atoms with Crippen LogP contribution in [0.4, 0.5) is 5.13 Å². The van der Waals surface area contributed by atoms with Gasteiger partial charge in [-0.3, -0.25) is 4.79 Å². The molecule has 1 heterocycles. The zero-order valence-electron chi connectivity index (χ0n) is 7.48. The van der Waals surface area contributed by atoms with E-state index in [1.54, 1.807) is 13.2 Å². The number of aldehydes is 1. The highest BCUT2D eigenvalue weighted by molar-refractivity contribution is 7.22. The lowest BCUT2D eigenvalue weighted by Gasteiger charge is -1.99. The fourth-order valence-corrected chi connectivity index (χ4v) is 2.05. The molecular formula is C9H8N2O2S. The van der Waals surface area contributed by atoms with Crippen LogP contribution in [0.3, 0.4) is 0 Å². The van der Waals surface area contributed by atoms with Crippen LogP contribution in [-0.2, 0) is 0 Å². The first-order chi connectivity index (χ1) is 6.74. The molecule has 0 aliphatic carbocycles. The van der Waals surface area contributed by atoms with Crippen molar-refractivity contribution in [2.24, 2.45) is 0 Å². The Hall–Kier alpha value is -1.62. The summed E-state index contributed by atoms with van der Waals surface area (Å²) < 4.78 is 5.92. The second-order valence-corrected chi connectivity index (χ2v) is 3.80. The summed E-state index contributed by atoms with van der Waals surface area (Å²) in [6.45, 7) is 0. The largest absolute Gasteiger partial charge is 0.497 e. The minimum absolute atomic E-state index is 0.455. The summed E-state index contributed by atoms with van der Waals surface area (Å²) >= 11 is 1.34. The summed E-state index contributed by atoms with van der Waals surface area (Å²) in [5, 5.41) is 0.455. The van der Waals surface area contributed by atoms with E-state index in [0.717, 1.165) is 11.0 Å². The number of methoxy groups -OCH3 is 1. The summed E-state index contributed by atoms with van der Waals surface area (Å²) in [6, 6.07) is 3.46. The van der Waals surface area contributed by atoms with Gasteiger partial charge < -0.3 is 10.5 Å². The van der Waals surface area contributed by atoms with Crippen LogP contribution in [0.5, 0.6) is 5.75 Å². The molecule has 1 aromatic heterocycles. The molecule has 0 atom stereocenters. The van der Waals surface area contributed by atoms with Gasteiger partial charge in [-0.1, -0.05) is 11.3 Å². The number of carbonyl (C=O) groups excluding carboxylic acids is 1. The Morgan fingerprint density at radius 1 is 1.57 bits per heavy atom. The van der Waals surface area contributed by atoms with Gasteiger partial charge in [0.05, 0.1) is 17.3 Å². The maximum absolute atomic E-state index is 10.8. The van der Waals surface area contributed by atoms with Gasteiger partial charge in [0.25, 0.3) is 0 Å². The molecule has 72 valence electrons. The average molecular weight is 208 g/mol. The number of ether oxygens (including phenoxy) is 1. The Morgan fingerprint density at radius 3 is 3.00 bits per heavy atom. The van der Waals surface area contributed by atoms with Gasteiger partial charge >= 0.3 is 0 Å². The Kier molecular flexibility index (Phi) is 2.09. The fourth-order valence-electron chi connectivity index (χ4n) is 1.25. The Bertz CT molecular complexity index is 493. The molecule has 2 aromatic rings. The number of anilines is 1. The lowest BCUT2D eigenvalue weighted by Crippen LogP contribution is -1.88. The van der Waals surface area contributed by atoms with Crippen molar-refractivity contribution in [3.05, 3.63) is 17.7 Å². The summed E-state index contributed by atoms with van der Waals surface area (Å²) in [7, 11) is 1.56. The lowest BCUT2D eigenvalue weighted by molar-refractivity contribution is 0.112. The SMILES string of the molecule is COc1cc(C=O)c2nc(N)sc2c1. The van der Waals surface area contributed by atoms with Crippen LogP contribution < -0.4 is 10.5 Å². The Labute approximate surface area is 84.3 Å². The minimum atomic E-state index is 0.455. The molecule has 0 saturated heterocycles. The number of nitrogens with two attached hydrogens (primary N) is 1. The standard InChI is InChI=1S/C9H8N2O2S/c1-13-6-2-5(4-12)8-7(3-6)14-9(10)11-8/h2-4H,1H3,(H2,10,11). The molecule has 0 aliphatic heterocycles. The molecule has 4 nitrogen and oxygen atoms in total. The second kappa shape index (κ2) is 3.26. The number of aromatic nitrogens is 1.